The van der Waals surface area contributed by atoms with Gasteiger partial charge in [-0.05, 0) is 18.1 Å². The van der Waals surface area contributed by atoms with Crippen molar-refractivity contribution in [2.75, 3.05) is 6.61 Å². The molecule has 0 radical (unpaired) electrons. The number of nitriles is 1. The van der Waals surface area contributed by atoms with Gasteiger partial charge in [0.1, 0.15) is 11.8 Å². The zero-order valence-corrected chi connectivity index (χ0v) is 10.9. The molecule has 1 heterocycles. The van der Waals surface area contributed by atoms with Crippen LogP contribution in [0.25, 0.3) is 0 Å². The molecule has 0 bridgehead atoms. The Hall–Kier alpha value is -2.98. The molecule has 1 aromatic carbocycles. The maximum atomic E-state index is 11.0. The van der Waals surface area contributed by atoms with Crippen LogP contribution in [-0.2, 0) is 6.42 Å². The molecule has 0 amide bonds. The Bertz CT molecular complexity index is 710. The number of aliphatic hydroxyl groups excluding tert-OH is 1. The first kappa shape index (κ1) is 14.4. The van der Waals surface area contributed by atoms with Gasteiger partial charge in [-0.2, -0.15) is 5.26 Å². The molecule has 0 fully saturated rings. The summed E-state index contributed by atoms with van der Waals surface area (Å²) < 4.78 is 5.48. The zero-order valence-electron chi connectivity index (χ0n) is 10.9. The lowest BCUT2D eigenvalue weighted by Crippen LogP contribution is -2.00. The van der Waals surface area contributed by atoms with Crippen LogP contribution in [0.15, 0.2) is 36.5 Å². The molecule has 0 aliphatic carbocycles. The summed E-state index contributed by atoms with van der Waals surface area (Å²) in [6, 6.07) is 9.77. The van der Waals surface area contributed by atoms with Gasteiger partial charge < -0.3 is 9.84 Å². The van der Waals surface area contributed by atoms with Gasteiger partial charge in [-0.15, -0.1) is 0 Å². The van der Waals surface area contributed by atoms with E-state index in [4.69, 9.17) is 15.1 Å². The Morgan fingerprint density at radius 2 is 2.19 bits per heavy atom. The minimum Gasteiger partial charge on any atom is -0.433 e. The van der Waals surface area contributed by atoms with Gasteiger partial charge >= 0.3 is 5.69 Å². The summed E-state index contributed by atoms with van der Waals surface area (Å²) in [6.07, 6.45) is 1.57. The fraction of sp³-hybridized carbons (Fsp3) is 0.143. The average molecular weight is 285 g/mol. The monoisotopic (exact) mass is 285 g/mol. The number of para-hydroxylation sites is 1. The molecule has 0 aliphatic heterocycles. The number of ether oxygens (including phenoxy) is 1. The molecule has 21 heavy (non-hydrogen) atoms. The number of benzene rings is 1. The zero-order chi connectivity index (χ0) is 15.2. The molecule has 1 N–H and O–H groups in total. The Labute approximate surface area is 120 Å². The number of nitrogens with zero attached hydrogens (tertiary/aromatic N) is 3. The summed E-state index contributed by atoms with van der Waals surface area (Å²) in [5.74, 6) is 0.191. The molecular weight excluding hydrogens is 274 g/mol. The van der Waals surface area contributed by atoms with E-state index >= 15 is 0 Å². The van der Waals surface area contributed by atoms with E-state index in [1.807, 2.05) is 0 Å². The first-order valence-corrected chi connectivity index (χ1v) is 6.07. The smallest absolute Gasteiger partial charge is 0.332 e. The third-order valence-electron chi connectivity index (χ3n) is 2.72. The van der Waals surface area contributed by atoms with Crippen LogP contribution in [0.3, 0.4) is 0 Å². The normalized spacial score (nSPS) is 9.90. The summed E-state index contributed by atoms with van der Waals surface area (Å²) in [4.78, 5) is 14.2. The predicted molar refractivity (Wildman–Crippen MR) is 72.9 cm³/mol. The minimum absolute atomic E-state index is 0.0662. The lowest BCUT2D eigenvalue weighted by Gasteiger charge is -2.09. The van der Waals surface area contributed by atoms with Crippen molar-refractivity contribution in [2.45, 2.75) is 6.42 Å². The molecule has 7 nitrogen and oxygen atoms in total. The van der Waals surface area contributed by atoms with E-state index < -0.39 is 4.92 Å². The summed E-state index contributed by atoms with van der Waals surface area (Å²) in [5, 5.41) is 28.8. The van der Waals surface area contributed by atoms with Gasteiger partial charge in [-0.1, -0.05) is 18.2 Å². The maximum absolute atomic E-state index is 11.0. The highest BCUT2D eigenvalue weighted by molar-refractivity contribution is 5.49. The molecule has 106 valence electrons. The molecule has 2 aromatic rings. The molecule has 2 rings (SSSR count). The number of aromatic nitrogens is 1. The molecule has 0 saturated carbocycles. The molecule has 0 saturated heterocycles. The van der Waals surface area contributed by atoms with Gasteiger partial charge in [0.25, 0.3) is 5.88 Å². The van der Waals surface area contributed by atoms with Crippen molar-refractivity contribution in [2.24, 2.45) is 0 Å². The molecule has 0 atom stereocenters. The van der Waals surface area contributed by atoms with Crippen molar-refractivity contribution >= 4 is 5.69 Å². The quantitative estimate of drug-likeness (QED) is 0.666. The van der Waals surface area contributed by atoms with Gasteiger partial charge in [0.2, 0.25) is 0 Å². The van der Waals surface area contributed by atoms with E-state index in [-0.39, 0.29) is 23.7 Å². The summed E-state index contributed by atoms with van der Waals surface area (Å²) in [7, 11) is 0. The van der Waals surface area contributed by atoms with E-state index in [0.717, 1.165) is 6.07 Å². The van der Waals surface area contributed by atoms with Crippen molar-refractivity contribution in [1.29, 1.82) is 5.26 Å². The fourth-order valence-corrected chi connectivity index (χ4v) is 1.75. The van der Waals surface area contributed by atoms with Crippen LogP contribution < -0.4 is 4.74 Å². The van der Waals surface area contributed by atoms with E-state index in [1.54, 1.807) is 30.3 Å². The van der Waals surface area contributed by atoms with Crippen LogP contribution in [0, 0.1) is 21.4 Å². The Kier molecular flexibility index (Phi) is 4.43. The SMILES string of the molecule is N#Cc1cnc(Oc2ccccc2CCO)c([N+](=O)[O-])c1. The van der Waals surface area contributed by atoms with Crippen LogP contribution >= 0.6 is 0 Å². The lowest BCUT2D eigenvalue weighted by molar-refractivity contribution is -0.386. The number of hydrogen-bond acceptors (Lipinski definition) is 6. The van der Waals surface area contributed by atoms with E-state index in [2.05, 4.69) is 4.98 Å². The fourth-order valence-electron chi connectivity index (χ4n) is 1.75. The number of rotatable bonds is 5. The van der Waals surface area contributed by atoms with E-state index in [0.29, 0.717) is 17.7 Å². The Morgan fingerprint density at radius 3 is 2.86 bits per heavy atom. The largest absolute Gasteiger partial charge is 0.433 e. The van der Waals surface area contributed by atoms with Crippen molar-refractivity contribution in [3.8, 4) is 17.7 Å². The number of nitro groups is 1. The second kappa shape index (κ2) is 6.45. The predicted octanol–water partition coefficient (Wildman–Crippen LogP) is 2.19. The average Bonchev–Trinajstić information content (AvgIpc) is 2.49. The standard InChI is InChI=1S/C14H11N3O4/c15-8-10-7-12(17(19)20)14(16-9-10)21-13-4-2-1-3-11(13)5-6-18/h1-4,7,9,18H,5-6H2. The maximum Gasteiger partial charge on any atom is 0.332 e. The Balaban J connectivity index is 2.40. The van der Waals surface area contributed by atoms with Crippen LogP contribution in [0.5, 0.6) is 11.6 Å². The van der Waals surface area contributed by atoms with Gasteiger partial charge in [-0.3, -0.25) is 10.1 Å². The topological polar surface area (TPSA) is 109 Å². The summed E-state index contributed by atoms with van der Waals surface area (Å²) >= 11 is 0. The molecule has 1 aromatic heterocycles. The number of aliphatic hydroxyl groups is 1. The highest BCUT2D eigenvalue weighted by atomic mass is 16.6. The first-order valence-electron chi connectivity index (χ1n) is 6.07. The first-order chi connectivity index (χ1) is 10.2. The van der Waals surface area contributed by atoms with Gasteiger partial charge in [0.15, 0.2) is 0 Å². The summed E-state index contributed by atoms with van der Waals surface area (Å²) in [5.41, 5.74) is 0.408. The number of pyridine rings is 1. The van der Waals surface area contributed by atoms with Crippen LogP contribution in [0.4, 0.5) is 5.69 Å². The Morgan fingerprint density at radius 1 is 1.43 bits per heavy atom. The molecule has 7 heteroatoms. The molecule has 0 aliphatic rings. The van der Waals surface area contributed by atoms with Crippen molar-refractivity contribution in [3.63, 3.8) is 0 Å². The van der Waals surface area contributed by atoms with Gasteiger partial charge in [0, 0.05) is 18.9 Å². The molecule has 0 unspecified atom stereocenters. The highest BCUT2D eigenvalue weighted by Crippen LogP contribution is 2.31. The van der Waals surface area contributed by atoms with Crippen LogP contribution in [-0.4, -0.2) is 21.6 Å². The van der Waals surface area contributed by atoms with Crippen molar-refractivity contribution in [1.82, 2.24) is 4.98 Å². The lowest BCUT2D eigenvalue weighted by atomic mass is 10.1. The van der Waals surface area contributed by atoms with Gasteiger partial charge in [0.05, 0.1) is 10.5 Å². The highest BCUT2D eigenvalue weighted by Gasteiger charge is 2.19. The van der Waals surface area contributed by atoms with Crippen molar-refractivity contribution < 1.29 is 14.8 Å². The second-order valence-electron chi connectivity index (χ2n) is 4.10. The van der Waals surface area contributed by atoms with Gasteiger partial charge in [-0.25, -0.2) is 4.98 Å². The minimum atomic E-state index is -0.655. The van der Waals surface area contributed by atoms with Crippen LogP contribution in [0.1, 0.15) is 11.1 Å². The van der Waals surface area contributed by atoms with Crippen LogP contribution in [0.2, 0.25) is 0 Å². The third kappa shape index (κ3) is 3.32. The summed E-state index contributed by atoms with van der Waals surface area (Å²) in [6.45, 7) is -0.0662. The van der Waals surface area contributed by atoms with Crippen molar-refractivity contribution in [3.05, 3.63) is 57.8 Å². The van der Waals surface area contributed by atoms with E-state index in [9.17, 15) is 10.1 Å². The second-order valence-corrected chi connectivity index (χ2v) is 4.10. The molecular formula is C14H11N3O4. The third-order valence-corrected chi connectivity index (χ3v) is 2.72. The molecule has 0 spiro atoms. The van der Waals surface area contributed by atoms with E-state index in [1.165, 1.54) is 6.20 Å². The number of hydrogen-bond donors (Lipinski definition) is 1.